The van der Waals surface area contributed by atoms with Gasteiger partial charge in [-0.15, -0.1) is 0 Å². The predicted octanol–water partition coefficient (Wildman–Crippen LogP) is 2.55. The van der Waals surface area contributed by atoms with Crippen LogP contribution in [0.3, 0.4) is 0 Å². The number of halogens is 1. The zero-order valence-electron chi connectivity index (χ0n) is 10.9. The number of carboxylic acid groups (broad SMARTS) is 1. The molecule has 5 heteroatoms. The lowest BCUT2D eigenvalue weighted by atomic mass is 9.99. The van der Waals surface area contributed by atoms with Gasteiger partial charge in [0.1, 0.15) is 0 Å². The van der Waals surface area contributed by atoms with Crippen LogP contribution in [-0.4, -0.2) is 35.0 Å². The third-order valence-electron chi connectivity index (χ3n) is 3.64. The Kier molecular flexibility index (Phi) is 3.94. The van der Waals surface area contributed by atoms with Crippen molar-refractivity contribution in [1.29, 1.82) is 0 Å². The van der Waals surface area contributed by atoms with E-state index in [-0.39, 0.29) is 11.8 Å². The maximum absolute atomic E-state index is 12.4. The number of rotatable bonds is 2. The third kappa shape index (κ3) is 2.81. The van der Waals surface area contributed by atoms with Crippen LogP contribution in [0.15, 0.2) is 22.7 Å². The molecule has 0 aliphatic carbocycles. The van der Waals surface area contributed by atoms with Crippen molar-refractivity contribution < 1.29 is 14.7 Å². The summed E-state index contributed by atoms with van der Waals surface area (Å²) in [7, 11) is 0. The van der Waals surface area contributed by atoms with Crippen molar-refractivity contribution in [3.63, 3.8) is 0 Å². The van der Waals surface area contributed by atoms with E-state index >= 15 is 0 Å². The van der Waals surface area contributed by atoms with Gasteiger partial charge in [-0.2, -0.15) is 0 Å². The summed E-state index contributed by atoms with van der Waals surface area (Å²) in [6.45, 7) is 4.56. The Morgan fingerprint density at radius 1 is 1.37 bits per heavy atom. The molecule has 1 amide bonds. The van der Waals surface area contributed by atoms with Crippen LogP contribution in [0.5, 0.6) is 0 Å². The van der Waals surface area contributed by atoms with Crippen LogP contribution in [0.25, 0.3) is 0 Å². The van der Waals surface area contributed by atoms with Crippen molar-refractivity contribution in [3.05, 3.63) is 33.8 Å². The summed E-state index contributed by atoms with van der Waals surface area (Å²) in [5.74, 6) is -1.37. The van der Waals surface area contributed by atoms with E-state index in [1.54, 1.807) is 11.0 Å². The largest absolute Gasteiger partial charge is 0.481 e. The Balaban J connectivity index is 2.19. The first kappa shape index (κ1) is 14.1. The van der Waals surface area contributed by atoms with E-state index in [0.29, 0.717) is 18.7 Å². The molecule has 1 saturated heterocycles. The molecule has 1 fully saturated rings. The molecular formula is C14H16BrNO3. The van der Waals surface area contributed by atoms with Crippen LogP contribution in [-0.2, 0) is 4.79 Å². The van der Waals surface area contributed by atoms with E-state index in [1.807, 2.05) is 26.0 Å². The SMILES string of the molecule is Cc1cc(Br)ccc1C(=O)N1C[C@@H](C)[C@H](C(=O)O)C1. The van der Waals surface area contributed by atoms with Crippen LogP contribution in [0.4, 0.5) is 0 Å². The van der Waals surface area contributed by atoms with Gasteiger partial charge in [0.05, 0.1) is 5.92 Å². The minimum Gasteiger partial charge on any atom is -0.481 e. The van der Waals surface area contributed by atoms with Gasteiger partial charge in [-0.3, -0.25) is 9.59 Å². The first-order valence-corrected chi connectivity index (χ1v) is 6.97. The van der Waals surface area contributed by atoms with Crippen molar-refractivity contribution in [2.45, 2.75) is 13.8 Å². The number of carboxylic acids is 1. The molecule has 1 N–H and O–H groups in total. The molecule has 0 spiro atoms. The summed E-state index contributed by atoms with van der Waals surface area (Å²) in [4.78, 5) is 25.1. The number of hydrogen-bond donors (Lipinski definition) is 1. The quantitative estimate of drug-likeness (QED) is 0.909. The molecule has 1 aliphatic rings. The van der Waals surface area contributed by atoms with Crippen molar-refractivity contribution in [2.24, 2.45) is 11.8 Å². The number of carbonyl (C=O) groups is 2. The fourth-order valence-corrected chi connectivity index (χ4v) is 2.97. The van der Waals surface area contributed by atoms with Gasteiger partial charge in [0.2, 0.25) is 0 Å². The second kappa shape index (κ2) is 5.33. The lowest BCUT2D eigenvalue weighted by molar-refractivity contribution is -0.142. The molecule has 0 bridgehead atoms. The second-order valence-corrected chi connectivity index (χ2v) is 6.01. The number of nitrogens with zero attached hydrogens (tertiary/aromatic N) is 1. The minimum absolute atomic E-state index is 0.00259. The Hall–Kier alpha value is -1.36. The maximum Gasteiger partial charge on any atom is 0.308 e. The molecule has 102 valence electrons. The van der Waals surface area contributed by atoms with Crippen LogP contribution < -0.4 is 0 Å². The summed E-state index contributed by atoms with van der Waals surface area (Å²) in [6.07, 6.45) is 0. The normalized spacial score (nSPS) is 22.6. The Morgan fingerprint density at radius 2 is 2.05 bits per heavy atom. The Morgan fingerprint density at radius 3 is 2.58 bits per heavy atom. The number of amides is 1. The molecule has 0 aromatic heterocycles. The third-order valence-corrected chi connectivity index (χ3v) is 4.13. The fraction of sp³-hybridized carbons (Fsp3) is 0.429. The van der Waals surface area contributed by atoms with E-state index in [1.165, 1.54) is 0 Å². The van der Waals surface area contributed by atoms with Gasteiger partial charge < -0.3 is 10.0 Å². The minimum atomic E-state index is -0.824. The van der Waals surface area contributed by atoms with Gasteiger partial charge in [0.25, 0.3) is 5.91 Å². The number of carbonyl (C=O) groups excluding carboxylic acids is 1. The monoisotopic (exact) mass is 325 g/mol. The summed E-state index contributed by atoms with van der Waals surface area (Å²) >= 11 is 3.36. The Bertz CT molecular complexity index is 529. The van der Waals surface area contributed by atoms with Crippen molar-refractivity contribution in [2.75, 3.05) is 13.1 Å². The standard InChI is InChI=1S/C14H16BrNO3/c1-8-5-10(15)3-4-11(8)13(17)16-6-9(2)12(7-16)14(18)19/h3-5,9,12H,6-7H2,1-2H3,(H,18,19)/t9-,12-/m1/s1. The lowest BCUT2D eigenvalue weighted by Crippen LogP contribution is -2.30. The van der Waals surface area contributed by atoms with Gasteiger partial charge >= 0.3 is 5.97 Å². The molecule has 19 heavy (non-hydrogen) atoms. The lowest BCUT2D eigenvalue weighted by Gasteiger charge is -2.17. The molecule has 0 radical (unpaired) electrons. The first-order chi connectivity index (χ1) is 8.90. The molecule has 4 nitrogen and oxygen atoms in total. The summed E-state index contributed by atoms with van der Waals surface area (Å²) in [6, 6.07) is 5.50. The van der Waals surface area contributed by atoms with E-state index in [0.717, 1.165) is 10.0 Å². The van der Waals surface area contributed by atoms with Gasteiger partial charge in [-0.1, -0.05) is 22.9 Å². The Labute approximate surface area is 120 Å². The molecule has 1 aromatic carbocycles. The molecule has 0 saturated carbocycles. The fourth-order valence-electron chi connectivity index (χ4n) is 2.49. The molecule has 2 rings (SSSR count). The average Bonchev–Trinajstić information content (AvgIpc) is 2.70. The van der Waals surface area contributed by atoms with E-state index < -0.39 is 11.9 Å². The highest BCUT2D eigenvalue weighted by molar-refractivity contribution is 9.10. The first-order valence-electron chi connectivity index (χ1n) is 6.18. The zero-order valence-corrected chi connectivity index (χ0v) is 12.5. The maximum atomic E-state index is 12.4. The van der Waals surface area contributed by atoms with E-state index in [4.69, 9.17) is 5.11 Å². The number of benzene rings is 1. The van der Waals surface area contributed by atoms with E-state index in [9.17, 15) is 9.59 Å². The number of aryl methyl sites for hydroxylation is 1. The van der Waals surface area contributed by atoms with Crippen LogP contribution in [0, 0.1) is 18.8 Å². The van der Waals surface area contributed by atoms with Gasteiger partial charge in [-0.25, -0.2) is 0 Å². The summed E-state index contributed by atoms with van der Waals surface area (Å²) in [5, 5.41) is 9.10. The van der Waals surface area contributed by atoms with Crippen molar-refractivity contribution in [3.8, 4) is 0 Å². The van der Waals surface area contributed by atoms with Crippen molar-refractivity contribution >= 4 is 27.8 Å². The van der Waals surface area contributed by atoms with Gasteiger partial charge in [0.15, 0.2) is 0 Å². The van der Waals surface area contributed by atoms with Crippen LogP contribution in [0.1, 0.15) is 22.8 Å². The second-order valence-electron chi connectivity index (χ2n) is 5.09. The predicted molar refractivity (Wildman–Crippen MR) is 75.1 cm³/mol. The molecule has 1 aliphatic heterocycles. The molecule has 1 heterocycles. The van der Waals surface area contributed by atoms with Gasteiger partial charge in [-0.05, 0) is 36.6 Å². The topological polar surface area (TPSA) is 57.6 Å². The summed E-state index contributed by atoms with van der Waals surface area (Å²) < 4.78 is 0.930. The number of aliphatic carboxylic acids is 1. The highest BCUT2D eigenvalue weighted by Crippen LogP contribution is 2.26. The van der Waals surface area contributed by atoms with Crippen molar-refractivity contribution in [1.82, 2.24) is 4.90 Å². The zero-order chi connectivity index (χ0) is 14.2. The molecule has 2 atom stereocenters. The van der Waals surface area contributed by atoms with Gasteiger partial charge in [0, 0.05) is 23.1 Å². The molecular weight excluding hydrogens is 310 g/mol. The van der Waals surface area contributed by atoms with E-state index in [2.05, 4.69) is 15.9 Å². The molecule has 0 unspecified atom stereocenters. The van der Waals surface area contributed by atoms with Crippen LogP contribution in [0.2, 0.25) is 0 Å². The smallest absolute Gasteiger partial charge is 0.308 e. The summed E-state index contributed by atoms with van der Waals surface area (Å²) in [5.41, 5.74) is 1.53. The highest BCUT2D eigenvalue weighted by Gasteiger charge is 2.37. The molecule has 1 aromatic rings. The number of likely N-dealkylation sites (tertiary alicyclic amines) is 1. The highest BCUT2D eigenvalue weighted by atomic mass is 79.9. The van der Waals surface area contributed by atoms with Crippen LogP contribution >= 0.6 is 15.9 Å². The number of hydrogen-bond acceptors (Lipinski definition) is 2. The average molecular weight is 326 g/mol.